The third kappa shape index (κ3) is 8.53. The van der Waals surface area contributed by atoms with E-state index >= 15 is 0 Å². The first-order valence-corrected chi connectivity index (χ1v) is 14.7. The number of amides is 2. The van der Waals surface area contributed by atoms with Crippen molar-refractivity contribution in [2.24, 2.45) is 5.10 Å². The van der Waals surface area contributed by atoms with Crippen molar-refractivity contribution < 1.29 is 33.6 Å². The van der Waals surface area contributed by atoms with Crippen molar-refractivity contribution in [1.82, 2.24) is 16.1 Å². The molecule has 234 valence electrons. The lowest BCUT2D eigenvalue weighted by Crippen LogP contribution is -2.45. The van der Waals surface area contributed by atoms with E-state index in [4.69, 9.17) is 18.9 Å². The molecule has 2 atom stereocenters. The van der Waals surface area contributed by atoms with E-state index in [1.807, 2.05) is 25.1 Å². The number of methoxy groups -OCH3 is 1. The number of hydrogen-bond acceptors (Lipinski definition) is 10. The van der Waals surface area contributed by atoms with E-state index in [1.165, 1.54) is 13.3 Å². The second-order valence-electron chi connectivity index (χ2n) is 9.66. The van der Waals surface area contributed by atoms with Crippen molar-refractivity contribution in [2.75, 3.05) is 20.3 Å². The number of rotatable bonds is 13. The average molecular weight is 679 g/mol. The number of carbonyl (C=O) groups excluding carboxylic acids is 2. The molecular formula is C32H32BrN5O7. The minimum atomic E-state index is -1.15. The van der Waals surface area contributed by atoms with Crippen molar-refractivity contribution in [1.29, 1.82) is 5.26 Å². The Kier molecular flexibility index (Phi) is 11.4. The molecule has 1 aliphatic rings. The van der Waals surface area contributed by atoms with Crippen LogP contribution in [-0.4, -0.2) is 49.9 Å². The number of halogens is 1. The highest BCUT2D eigenvalue weighted by Crippen LogP contribution is 2.35. The second kappa shape index (κ2) is 15.6. The Balaban J connectivity index is 1.35. The van der Waals surface area contributed by atoms with Crippen LogP contribution >= 0.6 is 15.9 Å². The molecule has 2 amide bonds. The average Bonchev–Trinajstić information content (AvgIpc) is 3.03. The molecule has 12 nitrogen and oxygen atoms in total. The van der Waals surface area contributed by atoms with Crippen LogP contribution < -0.4 is 30.3 Å². The van der Waals surface area contributed by atoms with E-state index in [1.54, 1.807) is 49.4 Å². The predicted octanol–water partition coefficient (Wildman–Crippen LogP) is 4.42. The fraction of sp³-hybridized carbons (Fsp3) is 0.250. The van der Waals surface area contributed by atoms with Gasteiger partial charge in [-0.2, -0.15) is 10.4 Å². The first kappa shape index (κ1) is 32.8. The molecule has 4 N–H and O–H groups in total. The van der Waals surface area contributed by atoms with Gasteiger partial charge >= 0.3 is 12.0 Å². The molecule has 45 heavy (non-hydrogen) atoms. The quantitative estimate of drug-likeness (QED) is 0.0887. The summed E-state index contributed by atoms with van der Waals surface area (Å²) >= 11 is 3.50. The lowest BCUT2D eigenvalue weighted by atomic mass is 9.95. The summed E-state index contributed by atoms with van der Waals surface area (Å²) < 4.78 is 23.0. The number of nitriles is 1. The lowest BCUT2D eigenvalue weighted by molar-refractivity contribution is -0.136. The van der Waals surface area contributed by atoms with E-state index in [0.717, 1.165) is 11.1 Å². The van der Waals surface area contributed by atoms with Gasteiger partial charge in [-0.25, -0.2) is 9.59 Å². The fourth-order valence-electron chi connectivity index (χ4n) is 4.45. The third-order valence-electron chi connectivity index (χ3n) is 6.59. The number of esters is 1. The normalized spacial score (nSPS) is 15.0. The van der Waals surface area contributed by atoms with Gasteiger partial charge in [-0.15, -0.1) is 0 Å². The van der Waals surface area contributed by atoms with E-state index in [-0.39, 0.29) is 18.8 Å². The summed E-state index contributed by atoms with van der Waals surface area (Å²) in [6.45, 7) is 3.85. The molecule has 4 rings (SSSR count). The van der Waals surface area contributed by atoms with Crippen LogP contribution in [0.4, 0.5) is 4.79 Å². The van der Waals surface area contributed by atoms with Gasteiger partial charge in [0.15, 0.2) is 17.7 Å². The van der Waals surface area contributed by atoms with Gasteiger partial charge in [0.1, 0.15) is 19.0 Å². The number of aliphatic hydroxyl groups is 1. The van der Waals surface area contributed by atoms with Crippen LogP contribution in [0.3, 0.4) is 0 Å². The minimum absolute atomic E-state index is 0.159. The van der Waals surface area contributed by atoms with E-state index < -0.39 is 24.3 Å². The Morgan fingerprint density at radius 3 is 2.64 bits per heavy atom. The maximum Gasteiger partial charge on any atom is 0.337 e. The summed E-state index contributed by atoms with van der Waals surface area (Å²) in [5, 5.41) is 29.1. The highest BCUT2D eigenvalue weighted by molar-refractivity contribution is 9.10. The first-order valence-electron chi connectivity index (χ1n) is 13.9. The van der Waals surface area contributed by atoms with Crippen molar-refractivity contribution >= 4 is 34.1 Å². The second-order valence-corrected chi connectivity index (χ2v) is 10.5. The Morgan fingerprint density at radius 1 is 1.13 bits per heavy atom. The zero-order valence-corrected chi connectivity index (χ0v) is 26.4. The van der Waals surface area contributed by atoms with E-state index in [2.05, 4.69) is 43.2 Å². The number of urea groups is 1. The van der Waals surface area contributed by atoms with Gasteiger partial charge in [0.2, 0.25) is 0 Å². The predicted molar refractivity (Wildman–Crippen MR) is 169 cm³/mol. The summed E-state index contributed by atoms with van der Waals surface area (Å²) in [6, 6.07) is 18.6. The molecule has 0 bridgehead atoms. The summed E-state index contributed by atoms with van der Waals surface area (Å²) in [5.41, 5.74) is 5.94. The monoisotopic (exact) mass is 677 g/mol. The van der Waals surface area contributed by atoms with Gasteiger partial charge in [0.25, 0.3) is 0 Å². The summed E-state index contributed by atoms with van der Waals surface area (Å²) in [6.07, 6.45) is 0.382. The Bertz CT molecular complexity index is 1650. The molecule has 0 fully saturated rings. The first-order chi connectivity index (χ1) is 21.7. The van der Waals surface area contributed by atoms with Crippen molar-refractivity contribution in [3.05, 3.63) is 98.7 Å². The molecular weight excluding hydrogens is 646 g/mol. The topological polar surface area (TPSA) is 164 Å². The Hall–Kier alpha value is -5.06. The molecule has 3 aromatic rings. The Morgan fingerprint density at radius 2 is 1.91 bits per heavy atom. The van der Waals surface area contributed by atoms with E-state index in [0.29, 0.717) is 45.2 Å². The number of aliphatic hydroxyl groups excluding tert-OH is 1. The molecule has 0 aliphatic carbocycles. The van der Waals surface area contributed by atoms with Crippen LogP contribution in [0.25, 0.3) is 0 Å². The highest BCUT2D eigenvalue weighted by atomic mass is 79.9. The zero-order chi connectivity index (χ0) is 32.3. The molecule has 0 saturated heterocycles. The zero-order valence-electron chi connectivity index (χ0n) is 24.8. The number of benzene rings is 3. The molecule has 13 heteroatoms. The van der Waals surface area contributed by atoms with Crippen LogP contribution in [0.15, 0.2) is 81.5 Å². The SMILES string of the molecule is CCOc1cc([C@H]2NC(=O)NC(C)=C2C(=O)OC)ccc1OC[C@@H](O)N/N=C\c1ccc(OCc2ccccc2C#N)c(Br)c1. The summed E-state index contributed by atoms with van der Waals surface area (Å²) in [7, 11) is 1.27. The van der Waals surface area contributed by atoms with Gasteiger partial charge in [-0.1, -0.05) is 24.3 Å². The summed E-state index contributed by atoms with van der Waals surface area (Å²) in [5.74, 6) is 0.743. The largest absolute Gasteiger partial charge is 0.490 e. The molecule has 0 aromatic heterocycles. The van der Waals surface area contributed by atoms with Crippen molar-refractivity contribution in [3.8, 4) is 23.3 Å². The van der Waals surface area contributed by atoms with Gasteiger partial charge < -0.3 is 34.7 Å². The highest BCUT2D eigenvalue weighted by Gasteiger charge is 2.32. The number of hydrogen-bond donors (Lipinski definition) is 4. The smallest absolute Gasteiger partial charge is 0.337 e. The number of hydrazone groups is 1. The molecule has 0 spiro atoms. The maximum atomic E-state index is 12.4. The van der Waals surface area contributed by atoms with Crippen LogP contribution in [-0.2, 0) is 16.1 Å². The lowest BCUT2D eigenvalue weighted by Gasteiger charge is -2.28. The minimum Gasteiger partial charge on any atom is -0.490 e. The van der Waals surface area contributed by atoms with Gasteiger partial charge in [0, 0.05) is 11.3 Å². The van der Waals surface area contributed by atoms with Crippen molar-refractivity contribution in [3.63, 3.8) is 0 Å². The maximum absolute atomic E-state index is 12.4. The number of nitrogens with zero attached hydrogens (tertiary/aromatic N) is 2. The van der Waals surface area contributed by atoms with Crippen LogP contribution in [0.5, 0.6) is 17.2 Å². The molecule has 1 aliphatic heterocycles. The number of nitrogens with one attached hydrogen (secondary N) is 3. The van der Waals surface area contributed by atoms with Crippen LogP contribution in [0.1, 0.15) is 42.1 Å². The third-order valence-corrected chi connectivity index (χ3v) is 7.21. The van der Waals surface area contributed by atoms with Gasteiger partial charge in [-0.05, 0) is 77.3 Å². The van der Waals surface area contributed by atoms with Gasteiger partial charge in [0.05, 0.1) is 47.7 Å². The summed E-state index contributed by atoms with van der Waals surface area (Å²) in [4.78, 5) is 24.6. The fourth-order valence-corrected chi connectivity index (χ4v) is 4.96. The molecule has 1 heterocycles. The van der Waals surface area contributed by atoms with Crippen molar-refractivity contribution in [2.45, 2.75) is 32.7 Å². The van der Waals surface area contributed by atoms with E-state index in [9.17, 15) is 20.0 Å². The van der Waals surface area contributed by atoms with Crippen LogP contribution in [0, 0.1) is 11.3 Å². The molecule has 0 unspecified atom stereocenters. The molecule has 3 aromatic carbocycles. The Labute approximate surface area is 268 Å². The number of allylic oxidation sites excluding steroid dienone is 1. The van der Waals surface area contributed by atoms with Gasteiger partial charge in [-0.3, -0.25) is 5.43 Å². The number of carbonyl (C=O) groups is 2. The molecule has 0 radical (unpaired) electrons. The number of ether oxygens (including phenoxy) is 4. The van der Waals surface area contributed by atoms with Crippen LogP contribution in [0.2, 0.25) is 0 Å². The standard InChI is InChI=1S/C32H32BrN5O7/c1-4-43-27-14-21(30-29(31(40)42-3)19(2)36-32(41)37-30)10-12-26(27)45-18-28(39)38-35-16-20-9-11-25(24(33)13-20)44-17-23-8-6-5-7-22(23)15-34/h5-14,16,28,30,38-39H,4,17-18H2,1-3H3,(H2,36,37,41)/b35-16-/t28-,30-/m1/s1. The molecule has 0 saturated carbocycles.